The highest BCUT2D eigenvalue weighted by Gasteiger charge is 2.27. The van der Waals surface area contributed by atoms with Gasteiger partial charge in [-0.1, -0.05) is 18.2 Å². The molecule has 1 aliphatic heterocycles. The maximum Gasteiger partial charge on any atom is 0.239 e. The summed E-state index contributed by atoms with van der Waals surface area (Å²) in [6.45, 7) is 3.11. The summed E-state index contributed by atoms with van der Waals surface area (Å²) in [7, 11) is 0. The Kier molecular flexibility index (Phi) is 4.92. The van der Waals surface area contributed by atoms with Crippen LogP contribution in [0.1, 0.15) is 37.3 Å². The van der Waals surface area contributed by atoms with Crippen molar-refractivity contribution in [2.24, 2.45) is 5.92 Å². The van der Waals surface area contributed by atoms with Crippen LogP contribution in [0, 0.1) is 5.92 Å². The van der Waals surface area contributed by atoms with Crippen LogP contribution >= 0.6 is 0 Å². The maximum atomic E-state index is 12.4. The highest BCUT2D eigenvalue weighted by molar-refractivity contribution is 5.83. The minimum Gasteiger partial charge on any atom is -0.356 e. The molecule has 6 nitrogen and oxygen atoms in total. The molecule has 2 fully saturated rings. The summed E-state index contributed by atoms with van der Waals surface area (Å²) in [5, 5.41) is 4.31. The van der Waals surface area contributed by atoms with Crippen molar-refractivity contribution in [1.82, 2.24) is 19.9 Å². The molecule has 0 atom stereocenters. The smallest absolute Gasteiger partial charge is 0.239 e. The lowest BCUT2D eigenvalue weighted by Crippen LogP contribution is -2.39. The summed E-state index contributed by atoms with van der Waals surface area (Å²) in [5.74, 6) is 2.32. The number of piperidine rings is 1. The molecule has 5 rings (SSSR count). The van der Waals surface area contributed by atoms with Crippen LogP contribution in [0.2, 0.25) is 0 Å². The highest BCUT2D eigenvalue weighted by atomic mass is 16.1. The normalized spacial score (nSPS) is 17.6. The van der Waals surface area contributed by atoms with Gasteiger partial charge in [-0.15, -0.1) is 0 Å². The summed E-state index contributed by atoms with van der Waals surface area (Å²) >= 11 is 0. The Labute approximate surface area is 171 Å². The molecule has 1 aliphatic carbocycles. The fourth-order valence-electron chi connectivity index (χ4n) is 4.25. The van der Waals surface area contributed by atoms with E-state index in [4.69, 9.17) is 0 Å². The number of amides is 1. The molecule has 6 heteroatoms. The van der Waals surface area contributed by atoms with Crippen molar-refractivity contribution in [1.29, 1.82) is 0 Å². The topological polar surface area (TPSA) is 63.1 Å². The van der Waals surface area contributed by atoms with Crippen LogP contribution in [0.3, 0.4) is 0 Å². The van der Waals surface area contributed by atoms with Gasteiger partial charge >= 0.3 is 0 Å². The first-order chi connectivity index (χ1) is 14.3. The van der Waals surface area contributed by atoms with Crippen LogP contribution < -0.4 is 10.2 Å². The quantitative estimate of drug-likeness (QED) is 0.702. The molecule has 1 N–H and O–H groups in total. The third-order valence-electron chi connectivity index (χ3n) is 6.19. The molecule has 1 amide bonds. The second-order valence-corrected chi connectivity index (χ2v) is 8.31. The van der Waals surface area contributed by atoms with E-state index >= 15 is 0 Å². The summed E-state index contributed by atoms with van der Waals surface area (Å²) in [4.78, 5) is 23.7. The Morgan fingerprint density at radius 3 is 2.72 bits per heavy atom. The average molecular weight is 390 g/mol. The first kappa shape index (κ1) is 18.2. The molecular weight excluding hydrogens is 362 g/mol. The van der Waals surface area contributed by atoms with E-state index in [1.165, 1.54) is 23.9 Å². The largest absolute Gasteiger partial charge is 0.356 e. The fraction of sp³-hybridized carbons (Fsp3) is 0.435. The lowest BCUT2D eigenvalue weighted by atomic mass is 9.96. The van der Waals surface area contributed by atoms with Crippen molar-refractivity contribution in [3.05, 3.63) is 54.6 Å². The molecule has 0 bridgehead atoms. The summed E-state index contributed by atoms with van der Waals surface area (Å²) in [6.07, 6.45) is 8.37. The molecule has 3 heterocycles. The summed E-state index contributed by atoms with van der Waals surface area (Å²) < 4.78 is 2.01. The van der Waals surface area contributed by atoms with E-state index in [0.717, 1.165) is 43.8 Å². The minimum atomic E-state index is 0.0821. The van der Waals surface area contributed by atoms with Gasteiger partial charge in [0.2, 0.25) is 5.91 Å². The molecular formula is C23H27N5O. The Bertz CT molecular complexity index is 1000. The van der Waals surface area contributed by atoms with Gasteiger partial charge < -0.3 is 14.8 Å². The lowest BCUT2D eigenvalue weighted by molar-refractivity contribution is -0.121. The van der Waals surface area contributed by atoms with Gasteiger partial charge in [0.15, 0.2) is 0 Å². The van der Waals surface area contributed by atoms with E-state index in [-0.39, 0.29) is 5.91 Å². The zero-order valence-corrected chi connectivity index (χ0v) is 16.6. The van der Waals surface area contributed by atoms with Crippen LogP contribution in [0.5, 0.6) is 0 Å². The van der Waals surface area contributed by atoms with Crippen molar-refractivity contribution in [2.75, 3.05) is 24.5 Å². The molecule has 29 heavy (non-hydrogen) atoms. The molecule has 1 aromatic carbocycles. The number of benzene rings is 1. The Morgan fingerprint density at radius 1 is 1.07 bits per heavy atom. The molecule has 2 aliphatic rings. The molecule has 3 aromatic rings. The molecule has 0 radical (unpaired) electrons. The molecule has 0 spiro atoms. The van der Waals surface area contributed by atoms with Crippen molar-refractivity contribution in [3.63, 3.8) is 0 Å². The van der Waals surface area contributed by atoms with Gasteiger partial charge in [-0.2, -0.15) is 0 Å². The van der Waals surface area contributed by atoms with E-state index < -0.39 is 0 Å². The lowest BCUT2D eigenvalue weighted by Gasteiger charge is -2.33. The first-order valence-corrected chi connectivity index (χ1v) is 10.6. The van der Waals surface area contributed by atoms with Gasteiger partial charge in [0.05, 0.1) is 0 Å². The molecule has 0 unspecified atom stereocenters. The number of nitrogens with one attached hydrogen (secondary N) is 1. The van der Waals surface area contributed by atoms with Gasteiger partial charge in [0, 0.05) is 49.0 Å². The minimum absolute atomic E-state index is 0.0821. The SMILES string of the molecule is O=C(Cn1ccc2ccccc21)NCC1CCN(c2cc(C3CC3)ncn2)CC1. The Morgan fingerprint density at radius 2 is 1.90 bits per heavy atom. The number of para-hydroxylation sites is 1. The van der Waals surface area contributed by atoms with Gasteiger partial charge in [0.1, 0.15) is 18.7 Å². The second kappa shape index (κ2) is 7.85. The van der Waals surface area contributed by atoms with E-state index in [0.29, 0.717) is 18.4 Å². The number of carbonyl (C=O) groups is 1. The molecule has 1 saturated carbocycles. The number of rotatable bonds is 6. The predicted molar refractivity (Wildman–Crippen MR) is 114 cm³/mol. The van der Waals surface area contributed by atoms with Gasteiger partial charge in [-0.25, -0.2) is 9.97 Å². The summed E-state index contributed by atoms with van der Waals surface area (Å²) in [6, 6.07) is 12.4. The van der Waals surface area contributed by atoms with Gasteiger partial charge in [-0.05, 0) is 49.1 Å². The standard InChI is InChI=1S/C23H27N5O/c29-23(15-28-12-9-19-3-1-2-4-21(19)28)24-14-17-7-10-27(11-8-17)22-13-20(18-5-6-18)25-16-26-22/h1-4,9,12-13,16-18H,5-8,10-11,14-15H2,(H,24,29). The first-order valence-electron chi connectivity index (χ1n) is 10.6. The number of hydrogen-bond acceptors (Lipinski definition) is 4. The van der Waals surface area contributed by atoms with Crippen molar-refractivity contribution in [2.45, 2.75) is 38.1 Å². The Hall–Kier alpha value is -2.89. The third-order valence-corrected chi connectivity index (χ3v) is 6.19. The van der Waals surface area contributed by atoms with Crippen molar-refractivity contribution in [3.8, 4) is 0 Å². The predicted octanol–water partition coefficient (Wildman–Crippen LogP) is 3.34. The van der Waals surface area contributed by atoms with Crippen LogP contribution in [-0.4, -0.2) is 40.1 Å². The van der Waals surface area contributed by atoms with E-state index in [1.54, 1.807) is 6.33 Å². The number of fused-ring (bicyclic) bond motifs is 1. The number of nitrogens with zero attached hydrogens (tertiary/aromatic N) is 4. The van der Waals surface area contributed by atoms with Crippen LogP contribution in [-0.2, 0) is 11.3 Å². The zero-order valence-electron chi connectivity index (χ0n) is 16.6. The maximum absolute atomic E-state index is 12.4. The van der Waals surface area contributed by atoms with E-state index in [2.05, 4.69) is 44.5 Å². The number of carbonyl (C=O) groups excluding carboxylic acids is 1. The molecule has 1 saturated heterocycles. The number of anilines is 1. The van der Waals surface area contributed by atoms with Crippen LogP contribution in [0.15, 0.2) is 48.9 Å². The second-order valence-electron chi connectivity index (χ2n) is 8.31. The highest BCUT2D eigenvalue weighted by Crippen LogP contribution is 2.39. The van der Waals surface area contributed by atoms with Crippen LogP contribution in [0.25, 0.3) is 10.9 Å². The fourth-order valence-corrected chi connectivity index (χ4v) is 4.25. The molecule has 150 valence electrons. The monoisotopic (exact) mass is 389 g/mol. The van der Waals surface area contributed by atoms with Crippen molar-refractivity contribution < 1.29 is 4.79 Å². The molecule has 2 aromatic heterocycles. The average Bonchev–Trinajstić information content (AvgIpc) is 3.55. The van der Waals surface area contributed by atoms with Crippen LogP contribution in [0.4, 0.5) is 5.82 Å². The number of aromatic nitrogens is 3. The van der Waals surface area contributed by atoms with Crippen molar-refractivity contribution >= 4 is 22.6 Å². The zero-order chi connectivity index (χ0) is 19.6. The van der Waals surface area contributed by atoms with E-state index in [9.17, 15) is 4.79 Å². The van der Waals surface area contributed by atoms with E-state index in [1.807, 2.05) is 22.9 Å². The third kappa shape index (κ3) is 4.11. The van der Waals surface area contributed by atoms with Gasteiger partial charge in [0.25, 0.3) is 0 Å². The van der Waals surface area contributed by atoms with Gasteiger partial charge in [-0.3, -0.25) is 4.79 Å². The number of hydrogen-bond donors (Lipinski definition) is 1. The Balaban J connectivity index is 1.10. The summed E-state index contributed by atoms with van der Waals surface area (Å²) in [5.41, 5.74) is 2.30.